The third-order valence-electron chi connectivity index (χ3n) is 8.31. The van der Waals surface area contributed by atoms with Crippen LogP contribution in [0.2, 0.25) is 0 Å². The molecule has 0 aliphatic heterocycles. The molecule has 1 heteroatoms. The lowest BCUT2D eigenvalue weighted by Crippen LogP contribution is -2.29. The average molecular weight is 554 g/mol. The van der Waals surface area contributed by atoms with E-state index < -0.39 is 5.41 Å². The molecule has 5 aromatic rings. The van der Waals surface area contributed by atoms with Crippen molar-refractivity contribution in [2.24, 2.45) is 0 Å². The molecule has 0 unspecified atom stereocenters. The van der Waals surface area contributed by atoms with E-state index in [0.29, 0.717) is 0 Å². The third-order valence-corrected chi connectivity index (χ3v) is 8.31. The quantitative estimate of drug-likeness (QED) is 0.161. The van der Waals surface area contributed by atoms with E-state index in [0.717, 1.165) is 28.2 Å². The SMILES string of the molecule is C=C/C=C(\C=C/C)N(c1ccccc1)c1ccc2c(c1)C(c1ccccc1)(c1ccccc1)c1ccc(C(=C)C=C)cc1-2. The Morgan fingerprint density at radius 3 is 1.86 bits per heavy atom. The predicted molar refractivity (Wildman–Crippen MR) is 185 cm³/mol. The van der Waals surface area contributed by atoms with E-state index in [9.17, 15) is 0 Å². The van der Waals surface area contributed by atoms with E-state index in [1.165, 1.54) is 33.4 Å². The van der Waals surface area contributed by atoms with Crippen molar-refractivity contribution in [2.75, 3.05) is 4.90 Å². The van der Waals surface area contributed by atoms with E-state index in [4.69, 9.17) is 0 Å². The molecule has 0 fully saturated rings. The Labute approximate surface area is 255 Å². The summed E-state index contributed by atoms with van der Waals surface area (Å²) < 4.78 is 0. The Hall–Kier alpha value is -5.40. The molecule has 5 aromatic carbocycles. The lowest BCUT2D eigenvalue weighted by Gasteiger charge is -2.35. The molecule has 0 heterocycles. The zero-order valence-corrected chi connectivity index (χ0v) is 24.6. The molecule has 208 valence electrons. The number of hydrogen-bond donors (Lipinski definition) is 0. The first-order valence-corrected chi connectivity index (χ1v) is 14.7. The molecular formula is C42H35N. The fourth-order valence-electron chi connectivity index (χ4n) is 6.46. The number of hydrogen-bond acceptors (Lipinski definition) is 1. The minimum absolute atomic E-state index is 0.511. The smallest absolute Gasteiger partial charge is 0.0714 e. The highest BCUT2D eigenvalue weighted by Gasteiger charge is 2.46. The molecule has 0 atom stereocenters. The zero-order valence-electron chi connectivity index (χ0n) is 24.6. The molecule has 0 radical (unpaired) electrons. The molecule has 0 saturated carbocycles. The Kier molecular flexibility index (Phi) is 7.64. The van der Waals surface area contributed by atoms with Gasteiger partial charge in [-0.25, -0.2) is 0 Å². The van der Waals surface area contributed by atoms with Gasteiger partial charge in [-0.05, 0) is 93.9 Å². The van der Waals surface area contributed by atoms with Gasteiger partial charge in [0.1, 0.15) is 0 Å². The molecule has 0 amide bonds. The summed E-state index contributed by atoms with van der Waals surface area (Å²) in [6.45, 7) is 14.3. The highest BCUT2D eigenvalue weighted by atomic mass is 15.1. The second kappa shape index (κ2) is 11.8. The minimum Gasteiger partial charge on any atom is -0.311 e. The van der Waals surface area contributed by atoms with E-state index in [2.05, 4.69) is 170 Å². The normalized spacial score (nSPS) is 13.3. The van der Waals surface area contributed by atoms with Crippen LogP contribution in [-0.2, 0) is 5.41 Å². The second-order valence-electron chi connectivity index (χ2n) is 10.7. The van der Waals surface area contributed by atoms with Gasteiger partial charge in [-0.3, -0.25) is 0 Å². The molecule has 1 aliphatic carbocycles. The number of anilines is 2. The van der Waals surface area contributed by atoms with Gasteiger partial charge in [0.15, 0.2) is 0 Å². The van der Waals surface area contributed by atoms with Gasteiger partial charge in [-0.15, -0.1) is 0 Å². The predicted octanol–water partition coefficient (Wildman–Crippen LogP) is 11.0. The molecule has 1 aliphatic rings. The number of allylic oxidation sites excluding steroid dienone is 6. The fraction of sp³-hybridized carbons (Fsp3) is 0.0476. The zero-order chi connectivity index (χ0) is 29.8. The third kappa shape index (κ3) is 4.70. The molecule has 0 N–H and O–H groups in total. The second-order valence-corrected chi connectivity index (χ2v) is 10.7. The van der Waals surface area contributed by atoms with Crippen LogP contribution < -0.4 is 4.90 Å². The number of para-hydroxylation sites is 1. The number of nitrogens with zero attached hydrogens (tertiary/aromatic N) is 1. The molecule has 0 aromatic heterocycles. The molecule has 0 saturated heterocycles. The van der Waals surface area contributed by atoms with Crippen molar-refractivity contribution < 1.29 is 0 Å². The Bertz CT molecular complexity index is 1820. The summed E-state index contributed by atoms with van der Waals surface area (Å²) in [5, 5.41) is 0. The van der Waals surface area contributed by atoms with Gasteiger partial charge in [0.2, 0.25) is 0 Å². The lowest BCUT2D eigenvalue weighted by molar-refractivity contribution is 0.768. The largest absolute Gasteiger partial charge is 0.311 e. The minimum atomic E-state index is -0.511. The summed E-state index contributed by atoms with van der Waals surface area (Å²) in [4.78, 5) is 2.30. The highest BCUT2D eigenvalue weighted by Crippen LogP contribution is 2.57. The van der Waals surface area contributed by atoms with Crippen molar-refractivity contribution in [1.82, 2.24) is 0 Å². The van der Waals surface area contributed by atoms with Gasteiger partial charge in [0.05, 0.1) is 5.41 Å². The van der Waals surface area contributed by atoms with Crippen LogP contribution in [0.5, 0.6) is 0 Å². The number of rotatable bonds is 9. The molecule has 0 spiro atoms. The highest BCUT2D eigenvalue weighted by molar-refractivity contribution is 5.90. The Morgan fingerprint density at radius 2 is 1.28 bits per heavy atom. The van der Waals surface area contributed by atoms with Crippen LogP contribution in [0.15, 0.2) is 183 Å². The monoisotopic (exact) mass is 553 g/mol. The van der Waals surface area contributed by atoms with Gasteiger partial charge >= 0.3 is 0 Å². The van der Waals surface area contributed by atoms with Crippen molar-refractivity contribution >= 4 is 16.9 Å². The van der Waals surface area contributed by atoms with E-state index in [1.54, 1.807) is 0 Å². The molecule has 1 nitrogen and oxygen atoms in total. The van der Waals surface area contributed by atoms with Crippen LogP contribution in [0, 0.1) is 0 Å². The average Bonchev–Trinajstić information content (AvgIpc) is 3.36. The summed E-state index contributed by atoms with van der Waals surface area (Å²) in [6.07, 6.45) is 9.94. The van der Waals surface area contributed by atoms with E-state index >= 15 is 0 Å². The summed E-state index contributed by atoms with van der Waals surface area (Å²) in [6, 6.07) is 45.9. The van der Waals surface area contributed by atoms with Gasteiger partial charge in [0, 0.05) is 17.1 Å². The lowest BCUT2D eigenvalue weighted by atomic mass is 9.67. The maximum atomic E-state index is 4.26. The van der Waals surface area contributed by atoms with Gasteiger partial charge < -0.3 is 4.90 Å². The first-order valence-electron chi connectivity index (χ1n) is 14.7. The van der Waals surface area contributed by atoms with Gasteiger partial charge in [0.25, 0.3) is 0 Å². The summed E-state index contributed by atoms with van der Waals surface area (Å²) in [5.41, 5.74) is 12.1. The van der Waals surface area contributed by atoms with Crippen LogP contribution in [0.1, 0.15) is 34.7 Å². The maximum Gasteiger partial charge on any atom is 0.0714 e. The van der Waals surface area contributed by atoms with Crippen molar-refractivity contribution in [1.29, 1.82) is 0 Å². The van der Waals surface area contributed by atoms with Crippen LogP contribution in [0.3, 0.4) is 0 Å². The molecule has 0 bridgehead atoms. The van der Waals surface area contributed by atoms with Gasteiger partial charge in [-0.1, -0.05) is 135 Å². The standard InChI is InChI=1S/C42H35N/c1-5-17-35(18-6-2)43(36-23-15-10-16-24-36)37-26-27-38-39-29-32(31(4)7-3)25-28-40(39)42(41(38)30-37,33-19-11-8-12-20-33)34-21-13-9-14-22-34/h5-30H,1,3-4H2,2H3/b18-6-,35-17+. The summed E-state index contributed by atoms with van der Waals surface area (Å²) in [5.74, 6) is 0. The van der Waals surface area contributed by atoms with Crippen LogP contribution in [0.25, 0.3) is 16.7 Å². The number of fused-ring (bicyclic) bond motifs is 3. The fourth-order valence-corrected chi connectivity index (χ4v) is 6.46. The summed E-state index contributed by atoms with van der Waals surface area (Å²) in [7, 11) is 0. The first kappa shape index (κ1) is 27.8. The van der Waals surface area contributed by atoms with Crippen LogP contribution >= 0.6 is 0 Å². The Balaban J connectivity index is 1.71. The molecular weight excluding hydrogens is 518 g/mol. The maximum absolute atomic E-state index is 4.26. The van der Waals surface area contributed by atoms with Crippen molar-refractivity contribution in [2.45, 2.75) is 12.3 Å². The van der Waals surface area contributed by atoms with E-state index in [1.807, 2.05) is 19.1 Å². The number of benzene rings is 5. The van der Waals surface area contributed by atoms with Gasteiger partial charge in [-0.2, -0.15) is 0 Å². The summed E-state index contributed by atoms with van der Waals surface area (Å²) >= 11 is 0. The van der Waals surface area contributed by atoms with Crippen molar-refractivity contribution in [3.8, 4) is 11.1 Å². The van der Waals surface area contributed by atoms with E-state index in [-0.39, 0.29) is 0 Å². The van der Waals surface area contributed by atoms with Crippen molar-refractivity contribution in [3.05, 3.63) is 211 Å². The Morgan fingerprint density at radius 1 is 0.651 bits per heavy atom. The topological polar surface area (TPSA) is 3.24 Å². The van der Waals surface area contributed by atoms with Crippen LogP contribution in [-0.4, -0.2) is 0 Å². The molecule has 43 heavy (non-hydrogen) atoms. The first-order chi connectivity index (χ1) is 21.1. The van der Waals surface area contributed by atoms with Crippen LogP contribution in [0.4, 0.5) is 11.4 Å². The molecule has 6 rings (SSSR count). The van der Waals surface area contributed by atoms with Crippen molar-refractivity contribution in [3.63, 3.8) is 0 Å².